The number of rotatable bonds is 15. The molecule has 128 valence electrons. The van der Waals surface area contributed by atoms with Crippen molar-refractivity contribution in [1.29, 1.82) is 0 Å². The standard InChI is InChI=1S/C15H35NO4Si/c1-5-18-21(19-6-2,14-10-9-13-17-4)20-15(3)11-7-8-12-16/h15H,5-14,16H2,1-4H3. The van der Waals surface area contributed by atoms with Crippen LogP contribution in [0.2, 0.25) is 6.04 Å². The maximum absolute atomic E-state index is 6.26. The first-order valence-electron chi connectivity index (χ1n) is 8.28. The summed E-state index contributed by atoms with van der Waals surface area (Å²) in [7, 11) is -0.828. The van der Waals surface area contributed by atoms with Crippen LogP contribution < -0.4 is 5.73 Å². The van der Waals surface area contributed by atoms with E-state index in [0.717, 1.165) is 51.3 Å². The van der Waals surface area contributed by atoms with Gasteiger partial charge in [0.2, 0.25) is 0 Å². The van der Waals surface area contributed by atoms with Crippen LogP contribution in [0.15, 0.2) is 0 Å². The smallest absolute Gasteiger partial charge is 0.385 e. The lowest BCUT2D eigenvalue weighted by Crippen LogP contribution is -2.48. The second-order valence-corrected chi connectivity index (χ2v) is 7.89. The van der Waals surface area contributed by atoms with Gasteiger partial charge in [-0.15, -0.1) is 0 Å². The fourth-order valence-corrected chi connectivity index (χ4v) is 5.20. The van der Waals surface area contributed by atoms with Gasteiger partial charge < -0.3 is 23.7 Å². The van der Waals surface area contributed by atoms with Crippen molar-refractivity contribution in [3.8, 4) is 0 Å². The van der Waals surface area contributed by atoms with E-state index in [4.69, 9.17) is 23.7 Å². The number of ether oxygens (including phenoxy) is 1. The molecule has 0 rings (SSSR count). The van der Waals surface area contributed by atoms with Crippen LogP contribution in [0.1, 0.15) is 52.9 Å². The molecule has 0 aromatic heterocycles. The molecule has 0 fully saturated rings. The highest BCUT2D eigenvalue weighted by Crippen LogP contribution is 2.22. The van der Waals surface area contributed by atoms with Gasteiger partial charge in [0.05, 0.1) is 0 Å². The average Bonchev–Trinajstić information content (AvgIpc) is 2.44. The van der Waals surface area contributed by atoms with Gasteiger partial charge in [-0.3, -0.25) is 0 Å². The topological polar surface area (TPSA) is 62.9 Å². The minimum atomic E-state index is -2.56. The van der Waals surface area contributed by atoms with Crippen LogP contribution in [-0.2, 0) is 18.0 Å². The molecule has 0 amide bonds. The Balaban J connectivity index is 4.44. The molecule has 0 heterocycles. The van der Waals surface area contributed by atoms with Crippen LogP contribution in [0.4, 0.5) is 0 Å². The molecule has 0 aliphatic rings. The van der Waals surface area contributed by atoms with Gasteiger partial charge in [-0.1, -0.05) is 0 Å². The summed E-state index contributed by atoms with van der Waals surface area (Å²) in [6.45, 7) is 8.87. The Labute approximate surface area is 131 Å². The van der Waals surface area contributed by atoms with Crippen LogP contribution in [0, 0.1) is 0 Å². The SMILES string of the molecule is CCO[Si](CCCCOC)(OCC)OC(C)CCCCN. The normalized spacial score (nSPS) is 13.6. The summed E-state index contributed by atoms with van der Waals surface area (Å²) in [5, 5.41) is 0. The fourth-order valence-electron chi connectivity index (χ4n) is 2.28. The first-order valence-corrected chi connectivity index (χ1v) is 10.2. The minimum absolute atomic E-state index is 0.156. The van der Waals surface area contributed by atoms with Crippen LogP contribution in [0.5, 0.6) is 0 Å². The summed E-state index contributed by atoms with van der Waals surface area (Å²) < 4.78 is 23.3. The van der Waals surface area contributed by atoms with Crippen molar-refractivity contribution in [2.45, 2.75) is 65.0 Å². The molecule has 5 nitrogen and oxygen atoms in total. The predicted molar refractivity (Wildman–Crippen MR) is 88.4 cm³/mol. The Bertz CT molecular complexity index is 226. The van der Waals surface area contributed by atoms with E-state index in [1.807, 2.05) is 13.8 Å². The Morgan fingerprint density at radius 3 is 2.19 bits per heavy atom. The number of nitrogens with two attached hydrogens (primary N) is 1. The highest BCUT2D eigenvalue weighted by atomic mass is 28.4. The number of hydrogen-bond acceptors (Lipinski definition) is 5. The van der Waals surface area contributed by atoms with E-state index in [0.29, 0.717) is 13.2 Å². The lowest BCUT2D eigenvalue weighted by atomic mass is 10.2. The zero-order chi connectivity index (χ0) is 16.0. The Morgan fingerprint density at radius 1 is 1.00 bits per heavy atom. The minimum Gasteiger partial charge on any atom is -0.385 e. The summed E-state index contributed by atoms with van der Waals surface area (Å²) in [6.07, 6.45) is 5.31. The molecule has 0 saturated heterocycles. The molecule has 0 aliphatic heterocycles. The Kier molecular flexibility index (Phi) is 13.7. The molecule has 1 atom stereocenters. The highest BCUT2D eigenvalue weighted by molar-refractivity contribution is 6.60. The van der Waals surface area contributed by atoms with E-state index in [9.17, 15) is 0 Å². The number of unbranched alkanes of at least 4 members (excludes halogenated alkanes) is 2. The van der Waals surface area contributed by atoms with Crippen LogP contribution >= 0.6 is 0 Å². The lowest BCUT2D eigenvalue weighted by Gasteiger charge is -2.32. The molecule has 1 unspecified atom stereocenters. The lowest BCUT2D eigenvalue weighted by molar-refractivity contribution is 0.0340. The molecule has 0 aliphatic carbocycles. The van der Waals surface area contributed by atoms with Gasteiger partial charge in [-0.25, -0.2) is 0 Å². The maximum atomic E-state index is 6.26. The van der Waals surface area contributed by atoms with Crippen LogP contribution in [0.3, 0.4) is 0 Å². The molecule has 2 N–H and O–H groups in total. The molecular formula is C15H35NO4Si. The van der Waals surface area contributed by atoms with E-state index in [1.54, 1.807) is 7.11 Å². The third-order valence-corrected chi connectivity index (χ3v) is 6.44. The quantitative estimate of drug-likeness (QED) is 0.371. The van der Waals surface area contributed by atoms with Crippen molar-refractivity contribution >= 4 is 8.80 Å². The van der Waals surface area contributed by atoms with Gasteiger partial charge in [0.25, 0.3) is 0 Å². The predicted octanol–water partition coefficient (Wildman–Crippen LogP) is 2.96. The van der Waals surface area contributed by atoms with Gasteiger partial charge in [-0.2, -0.15) is 0 Å². The zero-order valence-corrected chi connectivity index (χ0v) is 15.4. The van der Waals surface area contributed by atoms with E-state index in [2.05, 4.69) is 6.92 Å². The molecule has 21 heavy (non-hydrogen) atoms. The van der Waals surface area contributed by atoms with Crippen LogP contribution in [0.25, 0.3) is 0 Å². The molecule has 0 aromatic carbocycles. The average molecular weight is 322 g/mol. The second kappa shape index (κ2) is 13.7. The number of hydrogen-bond donors (Lipinski definition) is 1. The van der Waals surface area contributed by atoms with Gasteiger partial charge in [-0.05, 0) is 59.4 Å². The first kappa shape index (κ1) is 21.0. The summed E-state index contributed by atoms with van der Waals surface area (Å²) in [5.74, 6) is 0. The van der Waals surface area contributed by atoms with E-state index >= 15 is 0 Å². The highest BCUT2D eigenvalue weighted by Gasteiger charge is 2.41. The van der Waals surface area contributed by atoms with Gasteiger partial charge in [0.15, 0.2) is 0 Å². The Morgan fingerprint density at radius 2 is 1.67 bits per heavy atom. The first-order chi connectivity index (χ1) is 10.1. The molecule has 6 heteroatoms. The molecule has 0 saturated carbocycles. The van der Waals surface area contributed by atoms with Crippen molar-refractivity contribution in [3.63, 3.8) is 0 Å². The third kappa shape index (κ3) is 10.4. The van der Waals surface area contributed by atoms with E-state index < -0.39 is 8.80 Å². The number of methoxy groups -OCH3 is 1. The molecular weight excluding hydrogens is 286 g/mol. The second-order valence-electron chi connectivity index (χ2n) is 5.21. The van der Waals surface area contributed by atoms with Crippen molar-refractivity contribution in [1.82, 2.24) is 0 Å². The van der Waals surface area contributed by atoms with Crippen molar-refractivity contribution in [2.24, 2.45) is 5.73 Å². The van der Waals surface area contributed by atoms with Gasteiger partial charge >= 0.3 is 8.80 Å². The van der Waals surface area contributed by atoms with Crippen LogP contribution in [-0.4, -0.2) is 48.4 Å². The summed E-state index contributed by atoms with van der Waals surface area (Å²) in [6, 6.07) is 0.860. The molecule has 0 bridgehead atoms. The maximum Gasteiger partial charge on any atom is 0.501 e. The summed E-state index contributed by atoms with van der Waals surface area (Å²) in [4.78, 5) is 0. The zero-order valence-electron chi connectivity index (χ0n) is 14.4. The monoisotopic (exact) mass is 321 g/mol. The molecule has 0 radical (unpaired) electrons. The van der Waals surface area contributed by atoms with E-state index in [1.165, 1.54) is 0 Å². The van der Waals surface area contributed by atoms with Crippen molar-refractivity contribution in [2.75, 3.05) is 33.5 Å². The van der Waals surface area contributed by atoms with Gasteiger partial charge in [0, 0.05) is 39.1 Å². The largest absolute Gasteiger partial charge is 0.501 e. The van der Waals surface area contributed by atoms with E-state index in [-0.39, 0.29) is 6.10 Å². The fraction of sp³-hybridized carbons (Fsp3) is 1.00. The summed E-state index contributed by atoms with van der Waals surface area (Å²) in [5.41, 5.74) is 5.54. The third-order valence-electron chi connectivity index (χ3n) is 3.26. The summed E-state index contributed by atoms with van der Waals surface area (Å²) >= 11 is 0. The molecule has 0 spiro atoms. The Hall–Kier alpha value is 0.0169. The van der Waals surface area contributed by atoms with Gasteiger partial charge in [0.1, 0.15) is 0 Å². The van der Waals surface area contributed by atoms with Crippen molar-refractivity contribution in [3.05, 3.63) is 0 Å². The van der Waals surface area contributed by atoms with Crippen molar-refractivity contribution < 1.29 is 18.0 Å². The molecule has 0 aromatic rings.